The van der Waals surface area contributed by atoms with Gasteiger partial charge in [0.05, 0.1) is 5.52 Å². The van der Waals surface area contributed by atoms with E-state index in [0.29, 0.717) is 6.54 Å². The number of hydrazine groups is 1. The molecule has 0 saturated carbocycles. The maximum atomic E-state index is 12.2. The van der Waals surface area contributed by atoms with Crippen LogP contribution >= 0.6 is 0 Å². The van der Waals surface area contributed by atoms with E-state index in [1.807, 2.05) is 71.4 Å². The number of rotatable bonds is 4. The predicted molar refractivity (Wildman–Crippen MR) is 104 cm³/mol. The molecule has 4 rings (SSSR count). The first-order chi connectivity index (χ1) is 13.2. The Morgan fingerprint density at radius 1 is 0.852 bits per heavy atom. The third-order valence-electron chi connectivity index (χ3n) is 4.41. The fourth-order valence-electron chi connectivity index (χ4n) is 3.00. The minimum Gasteiger partial charge on any atom is -0.347 e. The van der Waals surface area contributed by atoms with Gasteiger partial charge in [-0.2, -0.15) is 0 Å². The second kappa shape index (κ2) is 7.29. The van der Waals surface area contributed by atoms with Crippen LogP contribution in [0.25, 0.3) is 21.8 Å². The molecule has 0 radical (unpaired) electrons. The van der Waals surface area contributed by atoms with Gasteiger partial charge in [0, 0.05) is 30.1 Å². The van der Waals surface area contributed by atoms with E-state index < -0.39 is 5.91 Å². The number of benzene rings is 2. The average molecular weight is 358 g/mol. The van der Waals surface area contributed by atoms with Crippen LogP contribution in [-0.2, 0) is 11.3 Å². The highest BCUT2D eigenvalue weighted by atomic mass is 16.2. The average Bonchev–Trinajstić information content (AvgIpc) is 3.13. The lowest BCUT2D eigenvalue weighted by molar-refractivity contribution is -0.122. The zero-order chi connectivity index (χ0) is 18.6. The van der Waals surface area contributed by atoms with Crippen molar-refractivity contribution in [1.29, 1.82) is 0 Å². The van der Waals surface area contributed by atoms with Crippen molar-refractivity contribution < 1.29 is 9.59 Å². The van der Waals surface area contributed by atoms with E-state index >= 15 is 0 Å². The standard InChI is InChI=1S/C21H18N4O2/c26-20(12-14-25-13-11-16-6-2-4-8-19(16)25)23-24-21(27)18-10-9-15-5-1-3-7-17(15)22-18/h1-11,13H,12,14H2,(H,23,26)(H,24,27). The number of aromatic nitrogens is 2. The third-order valence-corrected chi connectivity index (χ3v) is 4.41. The zero-order valence-corrected chi connectivity index (χ0v) is 14.6. The molecule has 2 aromatic heterocycles. The van der Waals surface area contributed by atoms with Crippen molar-refractivity contribution in [2.75, 3.05) is 0 Å². The minimum absolute atomic E-state index is 0.254. The molecule has 2 amide bonds. The molecule has 2 heterocycles. The van der Waals surface area contributed by atoms with Crippen molar-refractivity contribution in [3.8, 4) is 0 Å². The molecule has 0 aliphatic heterocycles. The Labute approximate surface area is 155 Å². The topological polar surface area (TPSA) is 76.0 Å². The van der Waals surface area contributed by atoms with Crippen molar-refractivity contribution in [2.45, 2.75) is 13.0 Å². The van der Waals surface area contributed by atoms with Gasteiger partial charge in [-0.1, -0.05) is 42.5 Å². The summed E-state index contributed by atoms with van der Waals surface area (Å²) in [6.45, 7) is 0.531. The quantitative estimate of drug-likeness (QED) is 0.551. The summed E-state index contributed by atoms with van der Waals surface area (Å²) in [6, 6.07) is 21.0. The van der Waals surface area contributed by atoms with Crippen LogP contribution in [0.15, 0.2) is 72.9 Å². The van der Waals surface area contributed by atoms with Crippen LogP contribution in [0.2, 0.25) is 0 Å². The molecular formula is C21H18N4O2. The Morgan fingerprint density at radius 3 is 2.52 bits per heavy atom. The fraction of sp³-hybridized carbons (Fsp3) is 0.0952. The molecule has 0 unspecified atom stereocenters. The van der Waals surface area contributed by atoms with E-state index in [1.54, 1.807) is 6.07 Å². The Morgan fingerprint density at radius 2 is 1.63 bits per heavy atom. The van der Waals surface area contributed by atoms with Gasteiger partial charge in [-0.05, 0) is 29.7 Å². The molecule has 0 spiro atoms. The van der Waals surface area contributed by atoms with Gasteiger partial charge < -0.3 is 4.57 Å². The van der Waals surface area contributed by atoms with Crippen LogP contribution in [0.5, 0.6) is 0 Å². The van der Waals surface area contributed by atoms with Gasteiger partial charge in [-0.15, -0.1) is 0 Å². The number of carbonyl (C=O) groups is 2. The van der Waals surface area contributed by atoms with Gasteiger partial charge in [0.2, 0.25) is 5.91 Å². The van der Waals surface area contributed by atoms with E-state index in [4.69, 9.17) is 0 Å². The third kappa shape index (κ3) is 3.64. The summed E-state index contributed by atoms with van der Waals surface area (Å²) in [6.07, 6.45) is 2.21. The van der Waals surface area contributed by atoms with Crippen LogP contribution in [0.3, 0.4) is 0 Å². The van der Waals surface area contributed by atoms with Gasteiger partial charge in [0.1, 0.15) is 5.69 Å². The number of fused-ring (bicyclic) bond motifs is 2. The molecule has 0 aliphatic rings. The smallest absolute Gasteiger partial charge is 0.288 e. The molecule has 0 saturated heterocycles. The summed E-state index contributed by atoms with van der Waals surface area (Å²) in [5.41, 5.74) is 6.93. The highest BCUT2D eigenvalue weighted by Gasteiger charge is 2.10. The number of aryl methyl sites for hydroxylation is 1. The highest BCUT2D eigenvalue weighted by molar-refractivity contribution is 5.95. The van der Waals surface area contributed by atoms with E-state index in [2.05, 4.69) is 15.8 Å². The Kier molecular flexibility index (Phi) is 4.53. The SMILES string of the molecule is O=C(CCn1ccc2ccccc21)NNC(=O)c1ccc2ccccc2n1. The van der Waals surface area contributed by atoms with Crippen LogP contribution in [0, 0.1) is 0 Å². The normalized spacial score (nSPS) is 10.8. The van der Waals surface area contributed by atoms with E-state index in [1.165, 1.54) is 0 Å². The van der Waals surface area contributed by atoms with Crippen LogP contribution in [-0.4, -0.2) is 21.4 Å². The highest BCUT2D eigenvalue weighted by Crippen LogP contribution is 2.15. The first kappa shape index (κ1) is 16.8. The molecule has 27 heavy (non-hydrogen) atoms. The monoisotopic (exact) mass is 358 g/mol. The summed E-state index contributed by atoms with van der Waals surface area (Å²) in [4.78, 5) is 28.6. The van der Waals surface area contributed by atoms with E-state index in [9.17, 15) is 9.59 Å². The Bertz CT molecular complexity index is 1130. The number of carbonyl (C=O) groups excluding carboxylic acids is 2. The summed E-state index contributed by atoms with van der Waals surface area (Å²) in [7, 11) is 0. The van der Waals surface area contributed by atoms with Gasteiger partial charge in [0.15, 0.2) is 0 Å². The van der Waals surface area contributed by atoms with E-state index in [-0.39, 0.29) is 18.0 Å². The second-order valence-corrected chi connectivity index (χ2v) is 6.21. The fourth-order valence-corrected chi connectivity index (χ4v) is 3.00. The molecule has 134 valence electrons. The lowest BCUT2D eigenvalue weighted by Gasteiger charge is -2.09. The van der Waals surface area contributed by atoms with Crippen molar-refractivity contribution >= 4 is 33.6 Å². The number of pyridine rings is 1. The molecule has 2 N–H and O–H groups in total. The maximum Gasteiger partial charge on any atom is 0.288 e. The number of para-hydroxylation sites is 2. The molecule has 0 bridgehead atoms. The molecule has 0 fully saturated rings. The number of amides is 2. The van der Waals surface area contributed by atoms with Crippen molar-refractivity contribution in [2.24, 2.45) is 0 Å². The van der Waals surface area contributed by atoms with E-state index in [0.717, 1.165) is 21.8 Å². The van der Waals surface area contributed by atoms with Crippen LogP contribution in [0.1, 0.15) is 16.9 Å². The van der Waals surface area contributed by atoms with Crippen molar-refractivity contribution in [3.05, 3.63) is 78.6 Å². The second-order valence-electron chi connectivity index (χ2n) is 6.21. The summed E-state index contributed by atoms with van der Waals surface area (Å²) in [5.74, 6) is -0.706. The number of hydrogen-bond acceptors (Lipinski definition) is 3. The van der Waals surface area contributed by atoms with Crippen molar-refractivity contribution in [3.63, 3.8) is 0 Å². The first-order valence-corrected chi connectivity index (χ1v) is 8.69. The molecule has 4 aromatic rings. The van der Waals surface area contributed by atoms with Crippen LogP contribution in [0.4, 0.5) is 0 Å². The molecule has 0 aliphatic carbocycles. The zero-order valence-electron chi connectivity index (χ0n) is 14.6. The molecule has 2 aromatic carbocycles. The number of hydrogen-bond donors (Lipinski definition) is 2. The first-order valence-electron chi connectivity index (χ1n) is 8.69. The Hall–Kier alpha value is -3.67. The number of nitrogens with one attached hydrogen (secondary N) is 2. The number of nitrogens with zero attached hydrogens (tertiary/aromatic N) is 2. The Balaban J connectivity index is 1.33. The maximum absolute atomic E-state index is 12.2. The minimum atomic E-state index is -0.444. The molecular weight excluding hydrogens is 340 g/mol. The molecule has 6 heteroatoms. The summed E-state index contributed by atoms with van der Waals surface area (Å²) in [5, 5.41) is 2.09. The molecule has 6 nitrogen and oxygen atoms in total. The summed E-state index contributed by atoms with van der Waals surface area (Å²) >= 11 is 0. The summed E-state index contributed by atoms with van der Waals surface area (Å²) < 4.78 is 2.02. The van der Waals surface area contributed by atoms with Gasteiger partial charge in [-0.25, -0.2) is 4.98 Å². The largest absolute Gasteiger partial charge is 0.347 e. The predicted octanol–water partition coefficient (Wildman–Crippen LogP) is 3.04. The van der Waals surface area contributed by atoms with Gasteiger partial charge in [-0.3, -0.25) is 20.4 Å². The van der Waals surface area contributed by atoms with Crippen LogP contribution < -0.4 is 10.9 Å². The lowest BCUT2D eigenvalue weighted by atomic mass is 10.2. The lowest BCUT2D eigenvalue weighted by Crippen LogP contribution is -2.42. The van der Waals surface area contributed by atoms with Crippen molar-refractivity contribution in [1.82, 2.24) is 20.4 Å². The van der Waals surface area contributed by atoms with Gasteiger partial charge >= 0.3 is 0 Å². The van der Waals surface area contributed by atoms with Gasteiger partial charge in [0.25, 0.3) is 5.91 Å². The molecule has 0 atom stereocenters.